The topological polar surface area (TPSA) is 137 Å². The zero-order valence-corrected chi connectivity index (χ0v) is 22.8. The number of hydrogen-bond donors (Lipinski definition) is 5. The summed E-state index contributed by atoms with van der Waals surface area (Å²) in [5, 5.41) is 12.3. The van der Waals surface area contributed by atoms with Crippen LogP contribution < -0.4 is 26.0 Å². The standard InChI is InChI=1S/C29H40N6O4/c1-20(2)16-23-27(37)35-29(11-5-6-12-29)28(38)34-24(17-22-18-30-19-33-22)26(36)32-13-7-9-21-8-3-4-10-25(21)39-15-14-31-23/h3-4,7-10,18-20,23-24,31H,5-6,11-17H2,1-2H3,(H,30,33)(H,32,36)(H,34,38)(H,35,37)/b9-7-/t23-,24-/m0/s1. The zero-order chi connectivity index (χ0) is 27.7. The lowest BCUT2D eigenvalue weighted by molar-refractivity contribution is -0.136. The fourth-order valence-electron chi connectivity index (χ4n) is 5.20. The van der Waals surface area contributed by atoms with E-state index in [9.17, 15) is 14.4 Å². The Morgan fingerprint density at radius 1 is 1.08 bits per heavy atom. The number of nitrogens with zero attached hydrogens (tertiary/aromatic N) is 1. The summed E-state index contributed by atoms with van der Waals surface area (Å²) in [6.45, 7) is 5.27. The molecule has 210 valence electrons. The van der Waals surface area contributed by atoms with Gasteiger partial charge in [-0.25, -0.2) is 4.98 Å². The number of amides is 3. The van der Waals surface area contributed by atoms with Crippen LogP contribution in [0.1, 0.15) is 57.2 Å². The van der Waals surface area contributed by atoms with Crippen molar-refractivity contribution in [3.05, 3.63) is 54.1 Å². The van der Waals surface area contributed by atoms with Gasteiger partial charge in [-0.2, -0.15) is 0 Å². The summed E-state index contributed by atoms with van der Waals surface area (Å²) in [5.74, 6) is 0.146. The first kappa shape index (κ1) is 28.4. The number of carbonyl (C=O) groups excluding carboxylic acids is 3. The van der Waals surface area contributed by atoms with Crippen molar-refractivity contribution in [1.29, 1.82) is 0 Å². The maximum absolute atomic E-state index is 13.7. The van der Waals surface area contributed by atoms with Gasteiger partial charge in [0.1, 0.15) is 23.9 Å². The predicted octanol–water partition coefficient (Wildman–Crippen LogP) is 2.09. The molecule has 10 nitrogen and oxygen atoms in total. The Kier molecular flexibility index (Phi) is 9.75. The van der Waals surface area contributed by atoms with E-state index in [0.717, 1.165) is 29.8 Å². The monoisotopic (exact) mass is 536 g/mol. The molecular weight excluding hydrogens is 496 g/mol. The van der Waals surface area contributed by atoms with Crippen molar-refractivity contribution in [2.75, 3.05) is 19.7 Å². The molecule has 2 heterocycles. The molecule has 1 spiro atoms. The average Bonchev–Trinajstić information content (AvgIpc) is 3.61. The van der Waals surface area contributed by atoms with Gasteiger partial charge < -0.3 is 31.0 Å². The molecule has 1 aromatic heterocycles. The molecule has 2 atom stereocenters. The quantitative estimate of drug-likeness (QED) is 0.406. The van der Waals surface area contributed by atoms with E-state index < -0.39 is 17.6 Å². The molecule has 1 fully saturated rings. The van der Waals surface area contributed by atoms with Crippen LogP contribution in [0.25, 0.3) is 6.08 Å². The Balaban J connectivity index is 1.61. The molecule has 1 aliphatic heterocycles. The summed E-state index contributed by atoms with van der Waals surface area (Å²) in [7, 11) is 0. The minimum Gasteiger partial charge on any atom is -0.492 e. The van der Waals surface area contributed by atoms with Gasteiger partial charge >= 0.3 is 0 Å². The second-order valence-electron chi connectivity index (χ2n) is 10.8. The van der Waals surface area contributed by atoms with Crippen molar-refractivity contribution >= 4 is 23.8 Å². The van der Waals surface area contributed by atoms with E-state index in [4.69, 9.17) is 4.74 Å². The van der Waals surface area contributed by atoms with Gasteiger partial charge in [0.2, 0.25) is 17.7 Å². The van der Waals surface area contributed by atoms with E-state index >= 15 is 0 Å². The summed E-state index contributed by atoms with van der Waals surface area (Å²) in [6, 6.07) is 6.36. The predicted molar refractivity (Wildman–Crippen MR) is 149 cm³/mol. The lowest BCUT2D eigenvalue weighted by Gasteiger charge is -2.33. The molecule has 4 rings (SSSR count). The van der Waals surface area contributed by atoms with E-state index in [-0.39, 0.29) is 36.6 Å². The molecule has 0 bridgehead atoms. The Labute approximate surface area is 229 Å². The van der Waals surface area contributed by atoms with Crippen molar-refractivity contribution in [3.8, 4) is 5.75 Å². The first-order chi connectivity index (χ1) is 18.9. The van der Waals surface area contributed by atoms with Crippen LogP contribution in [0, 0.1) is 5.92 Å². The van der Waals surface area contributed by atoms with Gasteiger partial charge in [0.25, 0.3) is 0 Å². The highest BCUT2D eigenvalue weighted by atomic mass is 16.5. The normalized spacial score (nSPS) is 23.6. The molecule has 0 radical (unpaired) electrons. The first-order valence-corrected chi connectivity index (χ1v) is 13.9. The van der Waals surface area contributed by atoms with E-state index in [0.29, 0.717) is 32.4 Å². The summed E-state index contributed by atoms with van der Waals surface area (Å²) < 4.78 is 6.02. The summed E-state index contributed by atoms with van der Waals surface area (Å²) in [6.07, 6.45) is 10.5. The number of nitrogens with one attached hydrogen (secondary N) is 5. The number of imidazole rings is 1. The number of H-pyrrole nitrogens is 1. The highest BCUT2D eigenvalue weighted by Crippen LogP contribution is 2.30. The maximum atomic E-state index is 13.7. The lowest BCUT2D eigenvalue weighted by Crippen LogP contribution is -2.63. The van der Waals surface area contributed by atoms with Crippen LogP contribution in [-0.4, -0.2) is 65.0 Å². The minimum absolute atomic E-state index is 0.209. The van der Waals surface area contributed by atoms with E-state index in [1.165, 1.54) is 0 Å². The Bertz CT molecular complexity index is 1140. The van der Waals surface area contributed by atoms with Crippen LogP contribution in [-0.2, 0) is 20.8 Å². The fourth-order valence-corrected chi connectivity index (χ4v) is 5.20. The van der Waals surface area contributed by atoms with Gasteiger partial charge in [0.05, 0.1) is 12.4 Å². The van der Waals surface area contributed by atoms with E-state index in [2.05, 4.69) is 45.1 Å². The molecule has 1 aliphatic carbocycles. The van der Waals surface area contributed by atoms with Crippen molar-refractivity contribution in [2.24, 2.45) is 5.92 Å². The fraction of sp³-hybridized carbons (Fsp3) is 0.517. The molecule has 39 heavy (non-hydrogen) atoms. The number of para-hydroxylation sites is 1. The van der Waals surface area contributed by atoms with Gasteiger partial charge in [-0.15, -0.1) is 0 Å². The molecular formula is C29H40N6O4. The Hall–Kier alpha value is -3.66. The van der Waals surface area contributed by atoms with Gasteiger partial charge in [-0.3, -0.25) is 14.4 Å². The van der Waals surface area contributed by atoms with Gasteiger partial charge in [0, 0.05) is 37.0 Å². The average molecular weight is 537 g/mol. The van der Waals surface area contributed by atoms with E-state index in [1.54, 1.807) is 12.5 Å². The third-order valence-electron chi connectivity index (χ3n) is 7.24. The largest absolute Gasteiger partial charge is 0.492 e. The smallest absolute Gasteiger partial charge is 0.246 e. The number of benzene rings is 1. The molecule has 5 N–H and O–H groups in total. The van der Waals surface area contributed by atoms with Crippen molar-refractivity contribution in [2.45, 2.75) is 70.0 Å². The first-order valence-electron chi connectivity index (χ1n) is 13.9. The summed E-state index contributed by atoms with van der Waals surface area (Å²) in [5.41, 5.74) is 0.557. The SMILES string of the molecule is CC(C)C[C@@H]1NCCOc2ccccc2/C=C\CNC(=O)[C@H](Cc2cnc[nH]2)NC(=O)C2(CCCC2)NC1=O. The van der Waals surface area contributed by atoms with Crippen molar-refractivity contribution < 1.29 is 19.1 Å². The third-order valence-corrected chi connectivity index (χ3v) is 7.24. The number of fused-ring (bicyclic) bond motifs is 1. The van der Waals surface area contributed by atoms with Gasteiger partial charge in [0.15, 0.2) is 0 Å². The molecule has 0 saturated heterocycles. The molecule has 10 heteroatoms. The molecule has 1 saturated carbocycles. The Morgan fingerprint density at radius 2 is 1.87 bits per heavy atom. The van der Waals surface area contributed by atoms with Crippen LogP contribution in [0.4, 0.5) is 0 Å². The molecule has 3 amide bonds. The zero-order valence-electron chi connectivity index (χ0n) is 22.8. The van der Waals surface area contributed by atoms with Crippen LogP contribution in [0.2, 0.25) is 0 Å². The van der Waals surface area contributed by atoms with Crippen molar-refractivity contribution in [3.63, 3.8) is 0 Å². The highest BCUT2D eigenvalue weighted by Gasteiger charge is 2.44. The van der Waals surface area contributed by atoms with Gasteiger partial charge in [-0.05, 0) is 31.2 Å². The van der Waals surface area contributed by atoms with E-state index in [1.807, 2.05) is 36.4 Å². The van der Waals surface area contributed by atoms with Crippen LogP contribution in [0.5, 0.6) is 5.75 Å². The van der Waals surface area contributed by atoms with Crippen molar-refractivity contribution in [1.82, 2.24) is 31.2 Å². The number of aromatic amines is 1. The van der Waals surface area contributed by atoms with Crippen LogP contribution >= 0.6 is 0 Å². The third kappa shape index (κ3) is 7.69. The number of hydrogen-bond acceptors (Lipinski definition) is 6. The van der Waals surface area contributed by atoms with Crippen LogP contribution in [0.3, 0.4) is 0 Å². The number of rotatable bonds is 4. The van der Waals surface area contributed by atoms with Gasteiger partial charge in [-0.1, -0.05) is 57.0 Å². The molecule has 2 aromatic rings. The number of aromatic nitrogens is 2. The highest BCUT2D eigenvalue weighted by molar-refractivity contribution is 5.96. The maximum Gasteiger partial charge on any atom is 0.246 e. The second-order valence-corrected chi connectivity index (χ2v) is 10.8. The molecule has 1 aromatic carbocycles. The summed E-state index contributed by atoms with van der Waals surface area (Å²) in [4.78, 5) is 47.6. The summed E-state index contributed by atoms with van der Waals surface area (Å²) >= 11 is 0. The molecule has 2 aliphatic rings. The Morgan fingerprint density at radius 3 is 2.62 bits per heavy atom. The second kappa shape index (κ2) is 13.4. The minimum atomic E-state index is -1.05. The lowest BCUT2D eigenvalue weighted by atomic mass is 9.93. The number of ether oxygens (including phenoxy) is 1. The number of carbonyl (C=O) groups is 3. The van der Waals surface area contributed by atoms with Crippen LogP contribution in [0.15, 0.2) is 42.9 Å². The molecule has 0 unspecified atom stereocenters.